The molecule has 2 atom stereocenters. The first-order valence-corrected chi connectivity index (χ1v) is 15.9. The van der Waals surface area contributed by atoms with E-state index in [0.29, 0.717) is 53.5 Å². The van der Waals surface area contributed by atoms with Gasteiger partial charge in [-0.05, 0) is 70.6 Å². The number of amides is 4. The van der Waals surface area contributed by atoms with E-state index in [-0.39, 0.29) is 36.7 Å². The minimum atomic E-state index is -1.21. The molecule has 1 saturated heterocycles. The summed E-state index contributed by atoms with van der Waals surface area (Å²) in [4.78, 5) is 66.6. The van der Waals surface area contributed by atoms with Crippen molar-refractivity contribution in [1.29, 1.82) is 0 Å². The molecule has 5 heterocycles. The molecule has 244 valence electrons. The molecule has 4 aromatic rings. The van der Waals surface area contributed by atoms with E-state index < -0.39 is 11.6 Å². The highest BCUT2D eigenvalue weighted by molar-refractivity contribution is 6.13. The van der Waals surface area contributed by atoms with Crippen LogP contribution >= 0.6 is 0 Å². The lowest BCUT2D eigenvalue weighted by molar-refractivity contribution is -0.127. The molecule has 0 aromatic carbocycles. The number of fused-ring (bicyclic) bond motifs is 1. The van der Waals surface area contributed by atoms with E-state index in [1.54, 1.807) is 33.0 Å². The fraction of sp³-hybridized carbons (Fsp3) is 0.455. The number of β-amino-alcohol motifs (C(OH)–C–C–N with tert-alkyl or cyclic N) is 1. The highest BCUT2D eigenvalue weighted by atomic mass is 16.3. The topological polar surface area (TPSA) is 162 Å². The predicted octanol–water partition coefficient (Wildman–Crippen LogP) is 3.33. The molecule has 4 amide bonds. The third-order valence-electron chi connectivity index (χ3n) is 8.68. The van der Waals surface area contributed by atoms with Crippen LogP contribution in [0.25, 0.3) is 5.65 Å². The molecule has 0 radical (unpaired) electrons. The Labute approximate surface area is 271 Å². The van der Waals surface area contributed by atoms with E-state index in [1.165, 1.54) is 4.90 Å². The lowest BCUT2D eigenvalue weighted by Gasteiger charge is -2.24. The van der Waals surface area contributed by atoms with Crippen molar-refractivity contribution in [3.8, 4) is 0 Å². The van der Waals surface area contributed by atoms with Gasteiger partial charge in [-0.1, -0.05) is 0 Å². The molecule has 3 fully saturated rings. The second-order valence-corrected chi connectivity index (χ2v) is 13.6. The molecule has 7 rings (SSSR count). The van der Waals surface area contributed by atoms with E-state index in [4.69, 9.17) is 4.98 Å². The van der Waals surface area contributed by atoms with Crippen LogP contribution in [0.2, 0.25) is 0 Å². The van der Waals surface area contributed by atoms with Gasteiger partial charge in [0, 0.05) is 49.2 Å². The molecular formula is C33H38N10O4. The molecule has 2 aliphatic carbocycles. The van der Waals surface area contributed by atoms with Gasteiger partial charge in [0.1, 0.15) is 29.8 Å². The molecule has 14 nitrogen and oxygen atoms in total. The molecule has 14 heteroatoms. The summed E-state index contributed by atoms with van der Waals surface area (Å²) < 4.78 is 1.92. The highest BCUT2D eigenvalue weighted by Crippen LogP contribution is 2.46. The Morgan fingerprint density at radius 2 is 1.89 bits per heavy atom. The highest BCUT2D eigenvalue weighted by Gasteiger charge is 2.46. The Bertz CT molecular complexity index is 1910. The second-order valence-electron chi connectivity index (χ2n) is 13.6. The summed E-state index contributed by atoms with van der Waals surface area (Å²) in [5.41, 5.74) is 2.61. The largest absolute Gasteiger partial charge is 0.389 e. The van der Waals surface area contributed by atoms with E-state index in [0.717, 1.165) is 34.7 Å². The Morgan fingerprint density at radius 3 is 2.62 bits per heavy atom. The molecule has 0 spiro atoms. The van der Waals surface area contributed by atoms with E-state index >= 15 is 0 Å². The molecule has 4 aromatic heterocycles. The van der Waals surface area contributed by atoms with Gasteiger partial charge in [0.25, 0.3) is 5.91 Å². The minimum absolute atomic E-state index is 0.00100. The first-order valence-electron chi connectivity index (χ1n) is 15.9. The Balaban J connectivity index is 1.10. The number of carbonyl (C=O) groups excluding carboxylic acids is 3. The van der Waals surface area contributed by atoms with Crippen molar-refractivity contribution in [2.75, 3.05) is 35.3 Å². The van der Waals surface area contributed by atoms with Crippen LogP contribution in [0.15, 0.2) is 36.8 Å². The van der Waals surface area contributed by atoms with Gasteiger partial charge in [-0.15, -0.1) is 0 Å². The molecule has 2 unspecified atom stereocenters. The number of rotatable bonds is 10. The Hall–Kier alpha value is -4.98. The minimum Gasteiger partial charge on any atom is -0.389 e. The maximum atomic E-state index is 13.4. The van der Waals surface area contributed by atoms with Crippen molar-refractivity contribution in [2.45, 2.75) is 70.9 Å². The van der Waals surface area contributed by atoms with Crippen molar-refractivity contribution in [2.24, 2.45) is 5.92 Å². The summed E-state index contributed by atoms with van der Waals surface area (Å²) >= 11 is 0. The van der Waals surface area contributed by atoms with Gasteiger partial charge in [0.2, 0.25) is 5.91 Å². The zero-order valence-corrected chi connectivity index (χ0v) is 27.1. The van der Waals surface area contributed by atoms with Crippen molar-refractivity contribution in [3.05, 3.63) is 65.4 Å². The van der Waals surface area contributed by atoms with Crippen LogP contribution in [0.4, 0.5) is 22.1 Å². The maximum absolute atomic E-state index is 13.4. The number of pyridine rings is 1. The van der Waals surface area contributed by atoms with Crippen LogP contribution in [-0.4, -0.2) is 82.9 Å². The summed E-state index contributed by atoms with van der Waals surface area (Å²) in [7, 11) is 1.89. The quantitative estimate of drug-likeness (QED) is 0.247. The number of hydrogen-bond acceptors (Lipinski definition) is 10. The van der Waals surface area contributed by atoms with Gasteiger partial charge in [0.05, 0.1) is 30.1 Å². The molecule has 2 saturated carbocycles. The number of imide groups is 1. The Morgan fingerprint density at radius 1 is 1.11 bits per heavy atom. The first kappa shape index (κ1) is 30.7. The average Bonchev–Trinajstić information content (AvgIpc) is 3.92. The molecule has 2 N–H and O–H groups in total. The lowest BCUT2D eigenvalue weighted by atomic mass is 10.1. The summed E-state index contributed by atoms with van der Waals surface area (Å²) in [6.45, 7) is 7.00. The normalized spacial score (nSPS) is 19.5. The summed E-state index contributed by atoms with van der Waals surface area (Å²) in [6, 6.07) is 5.07. The zero-order valence-electron chi connectivity index (χ0n) is 27.1. The van der Waals surface area contributed by atoms with Crippen molar-refractivity contribution >= 4 is 40.8 Å². The molecule has 0 bridgehead atoms. The van der Waals surface area contributed by atoms with Gasteiger partial charge in [0.15, 0.2) is 5.65 Å². The average molecular weight is 639 g/mol. The number of aromatic nitrogens is 6. The molecule has 1 aliphatic heterocycles. The van der Waals surface area contributed by atoms with Gasteiger partial charge in [-0.2, -0.15) is 0 Å². The zero-order chi connectivity index (χ0) is 33.2. The summed E-state index contributed by atoms with van der Waals surface area (Å²) in [6.07, 6.45) is 8.52. The van der Waals surface area contributed by atoms with E-state index in [9.17, 15) is 19.5 Å². The van der Waals surface area contributed by atoms with Crippen molar-refractivity contribution in [1.82, 2.24) is 34.2 Å². The number of carbonyl (C=O) groups is 3. The number of aryl methyl sites for hydroxylation is 2. The Kier molecular flexibility index (Phi) is 7.42. The first-order chi connectivity index (χ1) is 22.3. The summed E-state index contributed by atoms with van der Waals surface area (Å²) in [5.74, 6) is 1.94. The van der Waals surface area contributed by atoms with Crippen LogP contribution in [0.5, 0.6) is 0 Å². The van der Waals surface area contributed by atoms with Crippen LogP contribution in [-0.2, 0) is 16.1 Å². The van der Waals surface area contributed by atoms with Crippen LogP contribution < -0.4 is 15.1 Å². The van der Waals surface area contributed by atoms with Crippen LogP contribution in [0.1, 0.15) is 73.5 Å². The number of urea groups is 1. The monoisotopic (exact) mass is 638 g/mol. The van der Waals surface area contributed by atoms with Crippen molar-refractivity contribution < 1.29 is 19.5 Å². The van der Waals surface area contributed by atoms with Crippen LogP contribution in [0.3, 0.4) is 0 Å². The third-order valence-corrected chi connectivity index (χ3v) is 8.68. The summed E-state index contributed by atoms with van der Waals surface area (Å²) in [5, 5.41) is 13.2. The van der Waals surface area contributed by atoms with Crippen LogP contribution in [0, 0.1) is 19.8 Å². The van der Waals surface area contributed by atoms with Crippen molar-refractivity contribution in [3.63, 3.8) is 0 Å². The molecule has 3 aliphatic rings. The number of nitrogens with one attached hydrogen (secondary N) is 1. The maximum Gasteiger partial charge on any atom is 0.331 e. The van der Waals surface area contributed by atoms with E-state index in [2.05, 4.69) is 25.3 Å². The standard InChI is InChI=1S/C33H38N10O4/c1-18-8-9-34-29(35-18)23-11-24(23)31(45)39-26-12-27(37-19(2)36-26)40(5)14-22-15-41-13-21(20-6-7-20)10-25(30(41)38-22)42-16-28(44)43(32(42)46)17-33(3,4)47/h8-10,12-13,15,20,23-24,47H,6-7,11,14,16-17H2,1-5H3,(H,36,37,39,45). The fourth-order valence-corrected chi connectivity index (χ4v) is 6.11. The van der Waals surface area contributed by atoms with Gasteiger partial charge in [-0.3, -0.25) is 19.4 Å². The third kappa shape index (κ3) is 6.37. The predicted molar refractivity (Wildman–Crippen MR) is 173 cm³/mol. The number of nitrogens with zero attached hydrogens (tertiary/aromatic N) is 9. The fourth-order valence-electron chi connectivity index (χ4n) is 6.11. The van der Waals surface area contributed by atoms with Gasteiger partial charge < -0.3 is 19.7 Å². The second kappa shape index (κ2) is 11.4. The number of anilines is 3. The lowest BCUT2D eigenvalue weighted by Crippen LogP contribution is -2.43. The number of hydrogen-bond donors (Lipinski definition) is 2. The number of aliphatic hydroxyl groups is 1. The number of imidazole rings is 1. The smallest absolute Gasteiger partial charge is 0.331 e. The van der Waals surface area contributed by atoms with E-state index in [1.807, 2.05) is 47.8 Å². The van der Waals surface area contributed by atoms with Gasteiger partial charge >= 0.3 is 6.03 Å². The molecule has 47 heavy (non-hydrogen) atoms. The molecular weight excluding hydrogens is 600 g/mol. The van der Waals surface area contributed by atoms with Gasteiger partial charge in [-0.25, -0.2) is 29.7 Å². The SMILES string of the molecule is Cc1ccnc(C2CC2C(=O)Nc2cc(N(C)Cc3cn4cc(C5CC5)cc(N5CC(=O)N(CC(C)(C)O)C5=O)c4n3)nc(C)n2)n1.